The van der Waals surface area contributed by atoms with Gasteiger partial charge in [0.15, 0.2) is 11.5 Å². The molecule has 6 bridgehead atoms. The number of carbonyl (C=O) groups is 2. The molecular formula is C43H58N4O9. The first-order chi connectivity index (χ1) is 26.6. The molecule has 1 saturated heterocycles. The Kier molecular flexibility index (Phi) is 13.8. The van der Waals surface area contributed by atoms with Gasteiger partial charge in [-0.3, -0.25) is 14.6 Å². The van der Waals surface area contributed by atoms with E-state index in [9.17, 15) is 35.1 Å². The third kappa shape index (κ3) is 8.84. The lowest BCUT2D eigenvalue weighted by Crippen LogP contribution is -2.50. The lowest BCUT2D eigenvalue weighted by Gasteiger charge is -2.42. The van der Waals surface area contributed by atoms with Gasteiger partial charge in [0.25, 0.3) is 5.91 Å². The number of benzene rings is 1. The van der Waals surface area contributed by atoms with Crippen molar-refractivity contribution in [2.75, 3.05) is 45.7 Å². The number of aliphatic hydroxyl groups excluding tert-OH is 3. The standard InChI is InChI=1S/C43H58N4O9/c1-23-12-11-13-24(2)43(54)45-37-31(22-44-47-20-18-46(7)19-21-47)40(52)35-30-14-9-10-15-33(55-8)34(25(3)29(30)16-17-32(49)36(35)41(37)53)42(56-28(6)48)27(5)39(51)26(4)38(23)50/h10-13,15,22-23,25-27,29,33-34,38-39,42,49-53H,9,14,18-21H2,1-8H3,(H,45,54)/b12-11+,15-10+,24-13-,44-22+/t23-,25?,26+,27+,29?,33-,34+,38-,39+,42-/m0/s1. The molecule has 304 valence electrons. The van der Waals surface area contributed by atoms with Gasteiger partial charge >= 0.3 is 5.97 Å². The van der Waals surface area contributed by atoms with Gasteiger partial charge in [0.1, 0.15) is 11.9 Å². The number of esters is 1. The number of aliphatic hydroxyl groups is 3. The van der Waals surface area contributed by atoms with Crippen molar-refractivity contribution in [3.05, 3.63) is 52.0 Å². The number of carbonyl (C=O) groups excluding carboxylic acids is 2. The third-order valence-electron chi connectivity index (χ3n) is 12.0. The molecule has 0 saturated carbocycles. The minimum atomic E-state index is -1.14. The number of ether oxygens (including phenoxy) is 2. The Labute approximate surface area is 329 Å². The average Bonchev–Trinajstić information content (AvgIpc) is 3.27. The summed E-state index contributed by atoms with van der Waals surface area (Å²) >= 11 is 0. The number of fused-ring (bicyclic) bond motifs is 10. The average molecular weight is 775 g/mol. The lowest BCUT2D eigenvalue weighted by atomic mass is 9.69. The number of hydrazone groups is 1. The largest absolute Gasteiger partial charge is 0.507 e. The Hall–Kier alpha value is -4.61. The number of methoxy groups -OCH3 is 1. The highest BCUT2D eigenvalue weighted by atomic mass is 16.5. The van der Waals surface area contributed by atoms with E-state index in [1.165, 1.54) is 13.1 Å². The van der Waals surface area contributed by atoms with Crippen molar-refractivity contribution in [3.63, 3.8) is 0 Å². The summed E-state index contributed by atoms with van der Waals surface area (Å²) in [6, 6.07) is 0. The number of phenolic OH excluding ortho intramolecular Hbond substituents is 2. The summed E-state index contributed by atoms with van der Waals surface area (Å²) in [7, 11) is 3.58. The molecule has 2 aliphatic carbocycles. The van der Waals surface area contributed by atoms with Crippen molar-refractivity contribution in [1.29, 1.82) is 0 Å². The van der Waals surface area contributed by atoms with Crippen LogP contribution in [0.4, 0.5) is 5.69 Å². The van der Waals surface area contributed by atoms with Crippen LogP contribution in [0.3, 0.4) is 0 Å². The minimum absolute atomic E-state index is 0.0434. The molecule has 13 nitrogen and oxygen atoms in total. The number of phenols is 2. The molecule has 56 heavy (non-hydrogen) atoms. The van der Waals surface area contributed by atoms with Crippen LogP contribution < -0.4 is 15.8 Å². The first-order valence-electron chi connectivity index (χ1n) is 19.5. The number of likely N-dealkylation sites (N-methyl/N-ethyl adjacent to an activating group) is 1. The van der Waals surface area contributed by atoms with Crippen molar-refractivity contribution in [2.45, 2.75) is 78.8 Å². The summed E-state index contributed by atoms with van der Waals surface area (Å²) in [5, 5.41) is 68.7. The SMILES string of the molecule is CO[C@H]1/C=C/CCC2=c3c(O)c(/C=N/N4CCN(C)CC4)c4c(O)c3=C(O)C#CC2C(C)[C@H]1[C@@H](OC(C)=O)[C@H](C)[C@H](O)[C@H](C)[C@@H](O)[C@@H](C)/C=C/C=C(/C)C(=O)N4. The number of hydrogen-bond donors (Lipinski definition) is 6. The molecule has 0 radical (unpaired) electrons. The molecular weight excluding hydrogens is 716 g/mol. The molecule has 5 aliphatic rings. The highest BCUT2D eigenvalue weighted by Crippen LogP contribution is 2.42. The molecule has 13 heteroatoms. The number of allylic oxidation sites excluding steroid dienone is 3. The van der Waals surface area contributed by atoms with E-state index in [1.807, 2.05) is 31.1 Å². The number of amides is 1. The Morgan fingerprint density at radius 1 is 0.982 bits per heavy atom. The van der Waals surface area contributed by atoms with E-state index in [1.54, 1.807) is 53.0 Å². The van der Waals surface area contributed by atoms with E-state index in [4.69, 9.17) is 9.47 Å². The highest BCUT2D eigenvalue weighted by molar-refractivity contribution is 6.08. The van der Waals surface area contributed by atoms with Crippen LogP contribution in [0, 0.1) is 47.3 Å². The normalized spacial score (nSPS) is 34.0. The van der Waals surface area contributed by atoms with Crippen LogP contribution in [-0.2, 0) is 19.1 Å². The molecule has 2 unspecified atom stereocenters. The quantitative estimate of drug-likeness (QED) is 0.0661. The number of aromatic hydroxyl groups is 2. The fourth-order valence-electron chi connectivity index (χ4n) is 8.47. The maximum atomic E-state index is 13.7. The predicted molar refractivity (Wildman–Crippen MR) is 215 cm³/mol. The van der Waals surface area contributed by atoms with Crippen molar-refractivity contribution < 1.29 is 44.6 Å². The van der Waals surface area contributed by atoms with Gasteiger partial charge in [-0.25, -0.2) is 0 Å². The van der Waals surface area contributed by atoms with E-state index in [0.717, 1.165) is 13.1 Å². The summed E-state index contributed by atoms with van der Waals surface area (Å²) < 4.78 is 12.2. The van der Waals surface area contributed by atoms with Gasteiger partial charge < -0.3 is 45.2 Å². The number of rotatable bonds is 4. The van der Waals surface area contributed by atoms with Crippen molar-refractivity contribution in [3.8, 4) is 23.3 Å². The second-order valence-electron chi connectivity index (χ2n) is 15.8. The summed E-state index contributed by atoms with van der Waals surface area (Å²) in [5.41, 5.74) is 0.753. The van der Waals surface area contributed by atoms with Gasteiger partial charge in [0.2, 0.25) is 0 Å². The van der Waals surface area contributed by atoms with E-state index >= 15 is 0 Å². The third-order valence-corrected chi connectivity index (χ3v) is 12.0. The molecule has 1 aromatic rings. The van der Waals surface area contributed by atoms with E-state index in [0.29, 0.717) is 31.5 Å². The monoisotopic (exact) mass is 774 g/mol. The molecule has 6 N–H and O–H groups in total. The van der Waals surface area contributed by atoms with Crippen LogP contribution in [0.2, 0.25) is 0 Å². The summed E-state index contributed by atoms with van der Waals surface area (Å²) in [6.45, 7) is 12.9. The number of nitrogens with one attached hydrogen (secondary N) is 1. The molecule has 6 rings (SSSR count). The second-order valence-corrected chi connectivity index (χ2v) is 15.8. The number of nitrogens with zero attached hydrogens (tertiary/aromatic N) is 3. The Morgan fingerprint density at radius 2 is 1.68 bits per heavy atom. The summed E-state index contributed by atoms with van der Waals surface area (Å²) in [4.78, 5) is 28.7. The molecule has 10 atom stereocenters. The number of piperazine rings is 1. The van der Waals surface area contributed by atoms with Crippen molar-refractivity contribution in [1.82, 2.24) is 9.91 Å². The zero-order valence-electron chi connectivity index (χ0n) is 33.7. The zero-order chi connectivity index (χ0) is 41.0. The second kappa shape index (κ2) is 18.1. The molecule has 0 spiro atoms. The Morgan fingerprint density at radius 3 is 2.34 bits per heavy atom. The molecule has 3 heterocycles. The van der Waals surface area contributed by atoms with E-state index in [-0.39, 0.29) is 33.0 Å². The van der Waals surface area contributed by atoms with Crippen LogP contribution >= 0.6 is 0 Å². The molecule has 1 fully saturated rings. The fraction of sp³-hybridized carbons (Fsp3) is 0.558. The maximum Gasteiger partial charge on any atom is 0.302 e. The lowest BCUT2D eigenvalue weighted by molar-refractivity contribution is -0.165. The summed E-state index contributed by atoms with van der Waals surface area (Å²) in [5.74, 6) is -0.0555. The van der Waals surface area contributed by atoms with Crippen LogP contribution in [0.25, 0.3) is 11.3 Å². The zero-order valence-corrected chi connectivity index (χ0v) is 33.7. The summed E-state index contributed by atoms with van der Waals surface area (Å²) in [6.07, 6.45) is 7.29. The first-order valence-corrected chi connectivity index (χ1v) is 19.5. The molecule has 1 aromatic carbocycles. The van der Waals surface area contributed by atoms with Crippen LogP contribution in [0.1, 0.15) is 59.9 Å². The van der Waals surface area contributed by atoms with Crippen LogP contribution in [0.15, 0.2) is 41.1 Å². The van der Waals surface area contributed by atoms with Gasteiger partial charge in [0.05, 0.1) is 41.0 Å². The molecule has 1 amide bonds. The molecule has 0 aromatic heterocycles. The minimum Gasteiger partial charge on any atom is -0.507 e. The molecule has 3 aliphatic heterocycles. The van der Waals surface area contributed by atoms with Gasteiger partial charge in [-0.05, 0) is 44.2 Å². The van der Waals surface area contributed by atoms with Crippen LogP contribution in [0.5, 0.6) is 11.5 Å². The fourth-order valence-corrected chi connectivity index (χ4v) is 8.47. The topological polar surface area (TPSA) is 185 Å². The smallest absolute Gasteiger partial charge is 0.302 e. The van der Waals surface area contributed by atoms with E-state index in [2.05, 4.69) is 27.2 Å². The van der Waals surface area contributed by atoms with Crippen molar-refractivity contribution >= 4 is 35.1 Å². The van der Waals surface area contributed by atoms with Crippen LogP contribution in [-0.4, -0.2) is 118 Å². The number of anilines is 1. The Balaban J connectivity index is 1.86. The van der Waals surface area contributed by atoms with Gasteiger partial charge in [0, 0.05) is 80.6 Å². The number of hydrogen-bond acceptors (Lipinski definition) is 12. The van der Waals surface area contributed by atoms with Crippen molar-refractivity contribution in [2.24, 2.45) is 40.6 Å². The Bertz CT molecular complexity index is 1970. The van der Waals surface area contributed by atoms with Gasteiger partial charge in [-0.2, -0.15) is 5.10 Å². The first kappa shape index (κ1) is 42.5. The maximum absolute atomic E-state index is 13.7. The predicted octanol–water partition coefficient (Wildman–Crippen LogP) is 2.76. The van der Waals surface area contributed by atoms with Gasteiger partial charge in [-0.15, -0.1) is 0 Å². The van der Waals surface area contributed by atoms with E-state index < -0.39 is 83.3 Å². The van der Waals surface area contributed by atoms with Gasteiger partial charge in [-0.1, -0.05) is 64.0 Å². The highest BCUT2D eigenvalue weighted by Gasteiger charge is 2.46.